The Morgan fingerprint density at radius 3 is 2.20 bits per heavy atom. The third-order valence-corrected chi connectivity index (χ3v) is 1.18. The Kier molecular flexibility index (Phi) is 0.478. The smallest absolute Gasteiger partial charge is 0.200 e. The second kappa shape index (κ2) is 0.684. The van der Waals surface area contributed by atoms with Crippen LogP contribution in [0.25, 0.3) is 0 Å². The average molecular weight is 94.0 g/mol. The lowest BCUT2D eigenvalue weighted by Gasteiger charge is -1.69. The predicted octanol–water partition coefficient (Wildman–Crippen LogP) is -0.312. The number of hydrogen-bond acceptors (Lipinski definition) is 3. The van der Waals surface area contributed by atoms with E-state index in [-0.39, 0.29) is 0 Å². The predicted molar refractivity (Wildman–Crippen MR) is 19.3 cm³/mol. The highest BCUT2D eigenvalue weighted by atomic mass is 31.2. The highest BCUT2D eigenvalue weighted by molar-refractivity contribution is 7.68. The van der Waals surface area contributed by atoms with Gasteiger partial charge in [0.25, 0.3) is 6.35 Å². The Labute approximate surface area is 30.3 Å². The van der Waals surface area contributed by atoms with Crippen molar-refractivity contribution in [2.24, 2.45) is 5.50 Å². The molecule has 0 aromatic rings. The van der Waals surface area contributed by atoms with Crippen molar-refractivity contribution < 1.29 is 9.42 Å². The lowest BCUT2D eigenvalue weighted by Crippen LogP contribution is -1.81. The minimum absolute atomic E-state index is 0.396. The van der Waals surface area contributed by atoms with Crippen LogP contribution in [0.3, 0.4) is 0 Å². The van der Waals surface area contributed by atoms with Crippen LogP contribution in [0.1, 0.15) is 0 Å². The molecule has 0 aromatic carbocycles. The van der Waals surface area contributed by atoms with Crippen molar-refractivity contribution in [2.45, 2.75) is 0 Å². The zero-order valence-electron chi connectivity index (χ0n) is 2.59. The van der Waals surface area contributed by atoms with Gasteiger partial charge in [0.05, 0.1) is 0 Å². The van der Waals surface area contributed by atoms with Gasteiger partial charge in [0.2, 0.25) is 0 Å². The van der Waals surface area contributed by atoms with Crippen LogP contribution in [-0.2, 0) is 4.52 Å². The van der Waals surface area contributed by atoms with Crippen molar-refractivity contribution in [3.05, 3.63) is 0 Å². The molecule has 1 saturated heterocycles. The topological polar surface area (TPSA) is 58.8 Å². The van der Waals surface area contributed by atoms with Crippen LogP contribution in [0.5, 0.6) is 0 Å². The van der Waals surface area contributed by atoms with Crippen molar-refractivity contribution in [1.82, 2.24) is 0 Å². The van der Waals surface area contributed by atoms with Gasteiger partial charge in [-0.15, -0.1) is 4.52 Å². The summed E-state index contributed by atoms with van der Waals surface area (Å²) in [4.78, 5) is 8.30. The zero-order chi connectivity index (χ0) is 3.91. The van der Waals surface area contributed by atoms with Crippen molar-refractivity contribution in [1.29, 1.82) is 0 Å². The van der Waals surface area contributed by atoms with Crippen molar-refractivity contribution in [3.63, 3.8) is 0 Å². The van der Waals surface area contributed by atoms with E-state index in [4.69, 9.17) is 10.4 Å². The average Bonchev–Trinajstić information content (AvgIpc) is 1.76. The molecule has 0 spiro atoms. The molecule has 1 unspecified atom stereocenters. The van der Waals surface area contributed by atoms with Crippen LogP contribution in [0.4, 0.5) is 0 Å². The fourth-order valence-corrected chi connectivity index (χ4v) is 0.532. The summed E-state index contributed by atoms with van der Waals surface area (Å²) in [5, 5.41) is 0. The summed E-state index contributed by atoms with van der Waals surface area (Å²) in [6.45, 7) is 0. The van der Waals surface area contributed by atoms with Crippen molar-refractivity contribution >= 4 is 7.87 Å². The number of hydrogen-bond donors (Lipinski definition) is 2. The summed E-state index contributed by atoms with van der Waals surface area (Å²) in [6.07, 6.45) is 0.396. The van der Waals surface area contributed by atoms with Gasteiger partial charge in [0, 0.05) is 0 Å². The molecule has 5 heavy (non-hydrogen) atoms. The first-order valence-electron chi connectivity index (χ1n) is 1.25. The van der Waals surface area contributed by atoms with E-state index in [1.165, 1.54) is 0 Å². The molecule has 4 heteroatoms. The highest BCUT2D eigenvalue weighted by Crippen LogP contribution is 2.62. The van der Waals surface area contributed by atoms with E-state index in [1.54, 1.807) is 0 Å². The molecule has 0 saturated carbocycles. The normalized spacial score (nSPS) is 49.2. The van der Waals surface area contributed by atoms with Gasteiger partial charge in [0.1, 0.15) is 0 Å². The monoisotopic (exact) mass is 94.0 g/mol. The maximum absolute atomic E-state index is 8.30. The quantitative estimate of drug-likeness (QED) is 0.319. The maximum Gasteiger partial charge on any atom is 0.376 e. The van der Waals surface area contributed by atoms with Crippen LogP contribution in [-0.4, -0.2) is 11.2 Å². The molecule has 1 aliphatic heterocycles. The fourth-order valence-electron chi connectivity index (χ4n) is 0.0592. The molecule has 3 N–H and O–H groups in total. The van der Waals surface area contributed by atoms with E-state index < -0.39 is 7.87 Å². The summed E-state index contributed by atoms with van der Waals surface area (Å²) < 4.78 is 4.34. The molecule has 0 bridgehead atoms. The van der Waals surface area contributed by atoms with E-state index in [0.717, 1.165) is 0 Å². The first-order valence-corrected chi connectivity index (χ1v) is 3.16. The Bertz CT molecular complexity index is 47.6. The number of rotatable bonds is 0. The van der Waals surface area contributed by atoms with E-state index >= 15 is 0 Å². The molecular formula is CH5NO2P+. The van der Waals surface area contributed by atoms with E-state index in [9.17, 15) is 0 Å². The largest absolute Gasteiger partial charge is 0.376 e. The van der Waals surface area contributed by atoms with Crippen LogP contribution < -0.4 is 5.50 Å². The van der Waals surface area contributed by atoms with E-state index in [2.05, 4.69) is 4.52 Å². The van der Waals surface area contributed by atoms with Gasteiger partial charge >= 0.3 is 7.87 Å². The first kappa shape index (κ1) is 3.50. The molecule has 1 fully saturated rings. The maximum atomic E-state index is 8.30. The van der Waals surface area contributed by atoms with Gasteiger partial charge < -0.3 is 0 Å². The minimum Gasteiger partial charge on any atom is -0.200 e. The van der Waals surface area contributed by atoms with Crippen LogP contribution in [0.2, 0.25) is 0 Å². The molecular weight excluding hydrogens is 89.0 g/mol. The molecule has 0 aromatic heterocycles. The van der Waals surface area contributed by atoms with Gasteiger partial charge in [-0.05, 0) is 0 Å². The van der Waals surface area contributed by atoms with Crippen LogP contribution >= 0.6 is 7.87 Å². The second-order valence-electron chi connectivity index (χ2n) is 1.01. The van der Waals surface area contributed by atoms with Crippen LogP contribution in [0.15, 0.2) is 0 Å². The van der Waals surface area contributed by atoms with Gasteiger partial charge in [-0.1, -0.05) is 0 Å². The minimum atomic E-state index is -2.14. The molecule has 0 amide bonds. The zero-order valence-corrected chi connectivity index (χ0v) is 3.48. The summed E-state index contributed by atoms with van der Waals surface area (Å²) in [7, 11) is -2.14. The van der Waals surface area contributed by atoms with Gasteiger partial charge in [-0.25, -0.2) is 0 Å². The molecule has 1 aliphatic rings. The van der Waals surface area contributed by atoms with Gasteiger partial charge in [-0.2, -0.15) is 10.4 Å². The van der Waals surface area contributed by atoms with Gasteiger partial charge in [-0.3, -0.25) is 0 Å². The molecule has 30 valence electrons. The third kappa shape index (κ3) is 0.816. The Morgan fingerprint density at radius 2 is 2.20 bits per heavy atom. The summed E-state index contributed by atoms with van der Waals surface area (Å²) in [6, 6.07) is 0. The lowest BCUT2D eigenvalue weighted by molar-refractivity contribution is 0.505. The SMILES string of the molecule is N[P+]1(O)CO1. The molecule has 0 radical (unpaired) electrons. The van der Waals surface area contributed by atoms with Gasteiger partial charge in [0.15, 0.2) is 0 Å². The lowest BCUT2D eigenvalue weighted by atomic mass is 11.7. The van der Waals surface area contributed by atoms with Crippen molar-refractivity contribution in [3.8, 4) is 0 Å². The Hall–Kier alpha value is 0.310. The number of nitrogens with two attached hydrogens (primary N) is 1. The molecule has 0 aliphatic carbocycles. The molecule has 1 rings (SSSR count). The summed E-state index contributed by atoms with van der Waals surface area (Å²) in [5.41, 5.74) is 4.91. The Balaban J connectivity index is 2.38. The fraction of sp³-hybridized carbons (Fsp3) is 1.00. The second-order valence-corrected chi connectivity index (χ2v) is 3.04. The molecule has 1 heterocycles. The standard InChI is InChI=1S/CH5NO2P/c2-5(3)1-4-5/h3H,1-2H2/q+1. The summed E-state index contributed by atoms with van der Waals surface area (Å²) in [5.74, 6) is 0. The third-order valence-electron chi connectivity index (χ3n) is 0.394. The van der Waals surface area contributed by atoms with E-state index in [0.29, 0.717) is 6.35 Å². The summed E-state index contributed by atoms with van der Waals surface area (Å²) >= 11 is 0. The van der Waals surface area contributed by atoms with Crippen LogP contribution in [0, 0.1) is 0 Å². The first-order chi connectivity index (χ1) is 2.21. The molecule has 3 nitrogen and oxygen atoms in total. The Morgan fingerprint density at radius 1 is 2.00 bits per heavy atom. The van der Waals surface area contributed by atoms with Crippen molar-refractivity contribution in [2.75, 3.05) is 6.35 Å². The molecule has 1 atom stereocenters. The highest BCUT2D eigenvalue weighted by Gasteiger charge is 2.51. The van der Waals surface area contributed by atoms with E-state index in [1.807, 2.05) is 0 Å².